The van der Waals surface area contributed by atoms with Gasteiger partial charge < -0.3 is 15.4 Å². The fraction of sp³-hybridized carbons (Fsp3) is 0.333. The van der Waals surface area contributed by atoms with Gasteiger partial charge >= 0.3 is 5.69 Å². The summed E-state index contributed by atoms with van der Waals surface area (Å²) in [5, 5.41) is 10.8. The van der Waals surface area contributed by atoms with Crippen molar-refractivity contribution in [2.75, 3.05) is 30.8 Å². The molecule has 2 aromatic rings. The molecule has 0 bridgehead atoms. The van der Waals surface area contributed by atoms with Gasteiger partial charge in [-0.2, -0.15) is 4.98 Å². The molecule has 8 nitrogen and oxygen atoms in total. The molecule has 2 heterocycles. The van der Waals surface area contributed by atoms with E-state index in [1.165, 1.54) is 0 Å². The lowest BCUT2D eigenvalue weighted by Gasteiger charge is -2.17. The van der Waals surface area contributed by atoms with Gasteiger partial charge in [0.1, 0.15) is 11.9 Å². The molecule has 1 saturated heterocycles. The van der Waals surface area contributed by atoms with E-state index in [1.807, 2.05) is 23.1 Å². The van der Waals surface area contributed by atoms with Crippen LogP contribution in [-0.2, 0) is 0 Å². The normalized spacial score (nSPS) is 17.3. The van der Waals surface area contributed by atoms with Crippen LogP contribution in [0.2, 0.25) is 0 Å². The summed E-state index contributed by atoms with van der Waals surface area (Å²) in [5.41, 5.74) is 6.52. The molecule has 0 radical (unpaired) electrons. The van der Waals surface area contributed by atoms with E-state index in [2.05, 4.69) is 16.0 Å². The van der Waals surface area contributed by atoms with Crippen LogP contribution < -0.4 is 15.4 Å². The molecule has 120 valence electrons. The highest BCUT2D eigenvalue weighted by Gasteiger charge is 2.28. The predicted molar refractivity (Wildman–Crippen MR) is 85.7 cm³/mol. The molecule has 1 aromatic carbocycles. The third-order valence-electron chi connectivity index (χ3n) is 4.03. The summed E-state index contributed by atoms with van der Waals surface area (Å²) in [5.74, 6) is 1.47. The summed E-state index contributed by atoms with van der Waals surface area (Å²) in [6.45, 7) is 1.48. The monoisotopic (exact) mass is 315 g/mol. The van der Waals surface area contributed by atoms with Crippen LogP contribution in [0.5, 0.6) is 5.75 Å². The number of nitro groups is 1. The third-order valence-corrected chi connectivity index (χ3v) is 4.03. The van der Waals surface area contributed by atoms with Gasteiger partial charge in [0.15, 0.2) is 0 Å². The molecule has 1 aliphatic rings. The van der Waals surface area contributed by atoms with Crippen molar-refractivity contribution in [1.82, 2.24) is 9.97 Å². The van der Waals surface area contributed by atoms with E-state index < -0.39 is 4.92 Å². The summed E-state index contributed by atoms with van der Waals surface area (Å²) >= 11 is 0. The third kappa shape index (κ3) is 2.87. The van der Waals surface area contributed by atoms with Gasteiger partial charge in [-0.15, -0.1) is 0 Å². The van der Waals surface area contributed by atoms with Crippen molar-refractivity contribution in [1.29, 1.82) is 0 Å². The van der Waals surface area contributed by atoms with Crippen LogP contribution in [0.1, 0.15) is 17.9 Å². The highest BCUT2D eigenvalue weighted by molar-refractivity contribution is 5.54. The van der Waals surface area contributed by atoms with E-state index >= 15 is 0 Å². The highest BCUT2D eigenvalue weighted by atomic mass is 16.6. The molecule has 1 fully saturated rings. The average Bonchev–Trinajstić information content (AvgIpc) is 3.04. The summed E-state index contributed by atoms with van der Waals surface area (Å²) in [6.07, 6.45) is 2.09. The molecule has 2 N–H and O–H groups in total. The minimum atomic E-state index is -0.583. The van der Waals surface area contributed by atoms with E-state index in [1.54, 1.807) is 7.11 Å². The molecule has 23 heavy (non-hydrogen) atoms. The summed E-state index contributed by atoms with van der Waals surface area (Å²) < 4.78 is 5.42. The van der Waals surface area contributed by atoms with Gasteiger partial charge in [0, 0.05) is 19.0 Å². The second kappa shape index (κ2) is 6.07. The minimum absolute atomic E-state index is 0.110. The molecule has 8 heteroatoms. The van der Waals surface area contributed by atoms with Gasteiger partial charge in [0.2, 0.25) is 11.8 Å². The summed E-state index contributed by atoms with van der Waals surface area (Å²) in [4.78, 5) is 20.3. The molecule has 0 amide bonds. The van der Waals surface area contributed by atoms with Crippen LogP contribution in [0.3, 0.4) is 0 Å². The number of nitrogens with zero attached hydrogens (tertiary/aromatic N) is 4. The van der Waals surface area contributed by atoms with E-state index in [0.717, 1.165) is 37.0 Å². The van der Waals surface area contributed by atoms with Gasteiger partial charge in [0.05, 0.1) is 12.0 Å². The van der Waals surface area contributed by atoms with Crippen molar-refractivity contribution in [2.24, 2.45) is 0 Å². The van der Waals surface area contributed by atoms with E-state index in [9.17, 15) is 10.1 Å². The second-order valence-corrected chi connectivity index (χ2v) is 5.37. The number of para-hydroxylation sites is 1. The Bertz CT molecular complexity index is 737. The largest absolute Gasteiger partial charge is 0.496 e. The molecule has 1 atom stereocenters. The smallest absolute Gasteiger partial charge is 0.329 e. The molecule has 1 aliphatic heterocycles. The van der Waals surface area contributed by atoms with Crippen LogP contribution >= 0.6 is 0 Å². The number of rotatable bonds is 4. The summed E-state index contributed by atoms with van der Waals surface area (Å²) in [7, 11) is 1.66. The fourth-order valence-corrected chi connectivity index (χ4v) is 2.87. The molecule has 3 rings (SSSR count). The molecular formula is C15H17N5O3. The van der Waals surface area contributed by atoms with Crippen molar-refractivity contribution in [3.05, 3.63) is 46.1 Å². The lowest BCUT2D eigenvalue weighted by Crippen LogP contribution is -2.22. The first-order valence-corrected chi connectivity index (χ1v) is 7.25. The van der Waals surface area contributed by atoms with Gasteiger partial charge in [0.25, 0.3) is 0 Å². The van der Waals surface area contributed by atoms with E-state index in [-0.39, 0.29) is 11.5 Å². The average molecular weight is 315 g/mol. The predicted octanol–water partition coefficient (Wildman–Crippen LogP) is 1.97. The Morgan fingerprint density at radius 1 is 1.43 bits per heavy atom. The maximum absolute atomic E-state index is 10.8. The van der Waals surface area contributed by atoms with Crippen molar-refractivity contribution >= 4 is 17.5 Å². The van der Waals surface area contributed by atoms with E-state index in [4.69, 9.17) is 10.5 Å². The van der Waals surface area contributed by atoms with Gasteiger partial charge in [-0.05, 0) is 18.1 Å². The Morgan fingerprint density at radius 3 is 2.91 bits per heavy atom. The standard InChI is InChI=1S/C15H17N5O3/c1-23-13-5-3-2-4-11(13)10-6-7-19(9-10)15-17-8-12(20(21)22)14(16)18-15/h2-5,8,10H,6-7,9H2,1H3,(H2,16,17,18). The first kappa shape index (κ1) is 15.0. The number of nitrogen functional groups attached to an aromatic ring is 1. The lowest BCUT2D eigenvalue weighted by molar-refractivity contribution is -0.384. The lowest BCUT2D eigenvalue weighted by atomic mass is 9.97. The Labute approximate surface area is 133 Å². The Balaban J connectivity index is 1.80. The van der Waals surface area contributed by atoms with Gasteiger partial charge in [-0.25, -0.2) is 4.98 Å². The number of hydrogen-bond acceptors (Lipinski definition) is 7. The molecule has 0 saturated carbocycles. The molecule has 1 unspecified atom stereocenters. The number of nitrogens with two attached hydrogens (primary N) is 1. The van der Waals surface area contributed by atoms with Crippen molar-refractivity contribution < 1.29 is 9.66 Å². The van der Waals surface area contributed by atoms with Crippen LogP contribution in [-0.4, -0.2) is 35.1 Å². The number of methoxy groups -OCH3 is 1. The zero-order chi connectivity index (χ0) is 16.4. The Morgan fingerprint density at radius 2 is 2.22 bits per heavy atom. The van der Waals surface area contributed by atoms with Crippen LogP contribution in [0, 0.1) is 10.1 Å². The van der Waals surface area contributed by atoms with Crippen molar-refractivity contribution in [2.45, 2.75) is 12.3 Å². The zero-order valence-electron chi connectivity index (χ0n) is 12.7. The second-order valence-electron chi connectivity index (χ2n) is 5.37. The van der Waals surface area contributed by atoms with E-state index in [0.29, 0.717) is 11.9 Å². The SMILES string of the molecule is COc1ccccc1C1CCN(c2ncc([N+](=O)[O-])c(N)n2)C1. The first-order chi connectivity index (χ1) is 11.1. The highest BCUT2D eigenvalue weighted by Crippen LogP contribution is 2.34. The number of anilines is 2. The molecular weight excluding hydrogens is 298 g/mol. The number of benzene rings is 1. The number of aromatic nitrogens is 2. The molecule has 1 aromatic heterocycles. The quantitative estimate of drug-likeness (QED) is 0.678. The van der Waals surface area contributed by atoms with Crippen LogP contribution in [0.4, 0.5) is 17.5 Å². The maximum atomic E-state index is 10.8. The summed E-state index contributed by atoms with van der Waals surface area (Å²) in [6, 6.07) is 7.92. The molecule has 0 spiro atoms. The minimum Gasteiger partial charge on any atom is -0.496 e. The Hall–Kier alpha value is -2.90. The molecule has 0 aliphatic carbocycles. The van der Waals surface area contributed by atoms with Crippen molar-refractivity contribution in [3.63, 3.8) is 0 Å². The van der Waals surface area contributed by atoms with Crippen LogP contribution in [0.25, 0.3) is 0 Å². The Kier molecular flexibility index (Phi) is 3.96. The fourth-order valence-electron chi connectivity index (χ4n) is 2.87. The number of ether oxygens (including phenoxy) is 1. The van der Waals surface area contributed by atoms with Crippen molar-refractivity contribution in [3.8, 4) is 5.75 Å². The first-order valence-electron chi connectivity index (χ1n) is 7.25. The maximum Gasteiger partial charge on any atom is 0.329 e. The number of hydrogen-bond donors (Lipinski definition) is 1. The van der Waals surface area contributed by atoms with Crippen LogP contribution in [0.15, 0.2) is 30.5 Å². The zero-order valence-corrected chi connectivity index (χ0v) is 12.7. The topological polar surface area (TPSA) is 107 Å². The van der Waals surface area contributed by atoms with Gasteiger partial charge in [-0.3, -0.25) is 10.1 Å². The van der Waals surface area contributed by atoms with Gasteiger partial charge in [-0.1, -0.05) is 18.2 Å².